The molecule has 0 atom stereocenters. The Morgan fingerprint density at radius 1 is 1.14 bits per heavy atom. The van der Waals surface area contributed by atoms with E-state index in [1.807, 2.05) is 54.7 Å². The molecule has 0 spiro atoms. The van der Waals surface area contributed by atoms with Crippen LogP contribution in [0, 0.1) is 0 Å². The Labute approximate surface area is 163 Å². The van der Waals surface area contributed by atoms with Crippen LogP contribution in [-0.4, -0.2) is 40.8 Å². The van der Waals surface area contributed by atoms with Crippen molar-refractivity contribution in [3.63, 3.8) is 0 Å². The fourth-order valence-electron chi connectivity index (χ4n) is 2.97. The molecule has 0 saturated heterocycles. The highest BCUT2D eigenvalue weighted by molar-refractivity contribution is 5.91. The molecule has 28 heavy (non-hydrogen) atoms. The Morgan fingerprint density at radius 2 is 1.93 bits per heavy atom. The molecule has 142 valence electrons. The minimum atomic E-state index is -0.0812. The van der Waals surface area contributed by atoms with Crippen LogP contribution in [0.15, 0.2) is 67.0 Å². The van der Waals surface area contributed by atoms with Crippen LogP contribution >= 0.6 is 0 Å². The lowest BCUT2D eigenvalue weighted by Crippen LogP contribution is -2.23. The number of hydrogen-bond acceptors (Lipinski definition) is 4. The lowest BCUT2D eigenvalue weighted by atomic mass is 10.1. The molecule has 1 amide bonds. The van der Waals surface area contributed by atoms with E-state index >= 15 is 0 Å². The number of aromatic nitrogens is 2. The molecule has 2 aromatic carbocycles. The molecule has 0 fully saturated rings. The van der Waals surface area contributed by atoms with E-state index in [1.165, 1.54) is 0 Å². The van der Waals surface area contributed by atoms with E-state index in [0.717, 1.165) is 22.6 Å². The van der Waals surface area contributed by atoms with Gasteiger partial charge in [0.1, 0.15) is 13.2 Å². The first-order valence-corrected chi connectivity index (χ1v) is 9.11. The maximum absolute atomic E-state index is 12.4. The number of benzene rings is 2. The molecule has 6 heteroatoms. The zero-order valence-corrected chi connectivity index (χ0v) is 15.6. The van der Waals surface area contributed by atoms with Gasteiger partial charge < -0.3 is 14.4 Å². The van der Waals surface area contributed by atoms with E-state index in [2.05, 4.69) is 5.10 Å². The third kappa shape index (κ3) is 4.06. The van der Waals surface area contributed by atoms with Gasteiger partial charge in [-0.3, -0.25) is 4.79 Å². The van der Waals surface area contributed by atoms with Crippen molar-refractivity contribution in [3.8, 4) is 17.2 Å². The van der Waals surface area contributed by atoms with Gasteiger partial charge in [0.05, 0.1) is 11.9 Å². The molecule has 0 saturated carbocycles. The predicted octanol–water partition coefficient (Wildman–Crippen LogP) is 3.32. The van der Waals surface area contributed by atoms with Crippen LogP contribution in [0.25, 0.3) is 11.8 Å². The van der Waals surface area contributed by atoms with Crippen LogP contribution in [0.3, 0.4) is 0 Å². The van der Waals surface area contributed by atoms with Gasteiger partial charge in [0.15, 0.2) is 11.5 Å². The second-order valence-corrected chi connectivity index (χ2v) is 6.56. The average molecular weight is 375 g/mol. The first-order chi connectivity index (χ1) is 13.7. The predicted molar refractivity (Wildman–Crippen MR) is 107 cm³/mol. The number of likely N-dealkylation sites (N-methyl/N-ethyl adjacent to an activating group) is 1. The monoisotopic (exact) mass is 375 g/mol. The summed E-state index contributed by atoms with van der Waals surface area (Å²) >= 11 is 0. The Bertz CT molecular complexity index is 995. The third-order valence-electron chi connectivity index (χ3n) is 4.44. The molecule has 0 bridgehead atoms. The van der Waals surface area contributed by atoms with E-state index in [-0.39, 0.29) is 5.91 Å². The van der Waals surface area contributed by atoms with Crippen molar-refractivity contribution in [2.75, 3.05) is 20.3 Å². The molecule has 0 aliphatic carbocycles. The lowest BCUT2D eigenvalue weighted by Gasteiger charge is -2.18. The van der Waals surface area contributed by atoms with Gasteiger partial charge in [-0.05, 0) is 35.9 Å². The summed E-state index contributed by atoms with van der Waals surface area (Å²) in [5.74, 6) is 1.37. The highest BCUT2D eigenvalue weighted by atomic mass is 16.6. The number of para-hydroxylation sites is 1. The van der Waals surface area contributed by atoms with Crippen molar-refractivity contribution in [1.29, 1.82) is 0 Å². The number of nitrogens with zero attached hydrogens (tertiary/aromatic N) is 3. The number of carbonyl (C=O) groups excluding carboxylic acids is 1. The summed E-state index contributed by atoms with van der Waals surface area (Å²) in [4.78, 5) is 14.1. The summed E-state index contributed by atoms with van der Waals surface area (Å²) in [5, 5.41) is 4.37. The van der Waals surface area contributed by atoms with Crippen molar-refractivity contribution < 1.29 is 14.3 Å². The summed E-state index contributed by atoms with van der Waals surface area (Å²) in [6, 6.07) is 15.5. The van der Waals surface area contributed by atoms with Crippen molar-refractivity contribution >= 4 is 12.0 Å². The fourth-order valence-corrected chi connectivity index (χ4v) is 2.97. The summed E-state index contributed by atoms with van der Waals surface area (Å²) in [6.07, 6.45) is 7.06. The molecular weight excluding hydrogens is 354 g/mol. The van der Waals surface area contributed by atoms with Crippen molar-refractivity contribution in [1.82, 2.24) is 14.7 Å². The van der Waals surface area contributed by atoms with Crippen LogP contribution in [-0.2, 0) is 11.3 Å². The molecule has 0 N–H and O–H groups in total. The van der Waals surface area contributed by atoms with Gasteiger partial charge in [-0.25, -0.2) is 4.68 Å². The minimum Gasteiger partial charge on any atom is -0.486 e. The largest absolute Gasteiger partial charge is 0.486 e. The fraction of sp³-hybridized carbons (Fsp3) is 0.182. The molecule has 1 aromatic heterocycles. The normalized spacial score (nSPS) is 12.9. The van der Waals surface area contributed by atoms with E-state index in [0.29, 0.717) is 25.5 Å². The molecular formula is C22H21N3O3. The summed E-state index contributed by atoms with van der Waals surface area (Å²) in [6.45, 7) is 1.59. The Kier molecular flexibility index (Phi) is 5.10. The Balaban J connectivity index is 1.38. The van der Waals surface area contributed by atoms with E-state index in [9.17, 15) is 4.79 Å². The number of ether oxygens (including phenoxy) is 2. The highest BCUT2D eigenvalue weighted by Crippen LogP contribution is 2.31. The molecule has 4 rings (SSSR count). The van der Waals surface area contributed by atoms with Gasteiger partial charge in [0.25, 0.3) is 0 Å². The quantitative estimate of drug-likeness (QED) is 0.642. The zero-order valence-electron chi connectivity index (χ0n) is 15.6. The summed E-state index contributed by atoms with van der Waals surface area (Å²) in [5.41, 5.74) is 2.84. The van der Waals surface area contributed by atoms with Crippen LogP contribution in [0.2, 0.25) is 0 Å². The van der Waals surface area contributed by atoms with Gasteiger partial charge in [0.2, 0.25) is 5.91 Å². The van der Waals surface area contributed by atoms with Gasteiger partial charge in [0, 0.05) is 31.4 Å². The number of fused-ring (bicyclic) bond motifs is 1. The Morgan fingerprint density at radius 3 is 2.75 bits per heavy atom. The Hall–Kier alpha value is -3.54. The van der Waals surface area contributed by atoms with Gasteiger partial charge in [-0.2, -0.15) is 5.10 Å². The van der Waals surface area contributed by atoms with Crippen LogP contribution in [0.5, 0.6) is 11.5 Å². The first-order valence-electron chi connectivity index (χ1n) is 9.11. The van der Waals surface area contributed by atoms with Crippen LogP contribution < -0.4 is 9.47 Å². The minimum absolute atomic E-state index is 0.0812. The SMILES string of the molecule is CN(Cc1cnn(-c2ccccc2)c1)C(=O)/C=C/c1ccc2c(c1)OCCO2. The van der Waals surface area contributed by atoms with E-state index in [1.54, 1.807) is 35.0 Å². The number of amides is 1. The topological polar surface area (TPSA) is 56.6 Å². The molecule has 3 aromatic rings. The van der Waals surface area contributed by atoms with E-state index in [4.69, 9.17) is 9.47 Å². The third-order valence-corrected chi connectivity index (χ3v) is 4.44. The number of rotatable bonds is 5. The molecule has 6 nitrogen and oxygen atoms in total. The van der Waals surface area contributed by atoms with Crippen molar-refractivity contribution in [2.24, 2.45) is 0 Å². The van der Waals surface area contributed by atoms with Crippen molar-refractivity contribution in [2.45, 2.75) is 6.54 Å². The van der Waals surface area contributed by atoms with Crippen LogP contribution in [0.1, 0.15) is 11.1 Å². The van der Waals surface area contributed by atoms with Crippen molar-refractivity contribution in [3.05, 3.63) is 78.1 Å². The summed E-state index contributed by atoms with van der Waals surface area (Å²) < 4.78 is 12.9. The molecule has 1 aliphatic rings. The number of carbonyl (C=O) groups is 1. The standard InChI is InChI=1S/C22H21N3O3/c1-24(15-18-14-23-25(16-18)19-5-3-2-4-6-19)22(26)10-8-17-7-9-20-21(13-17)28-12-11-27-20/h2-10,13-14,16H,11-12,15H2,1H3/b10-8+. The smallest absolute Gasteiger partial charge is 0.246 e. The summed E-state index contributed by atoms with van der Waals surface area (Å²) in [7, 11) is 1.77. The maximum Gasteiger partial charge on any atom is 0.246 e. The molecule has 0 unspecified atom stereocenters. The van der Waals surface area contributed by atoms with Gasteiger partial charge in [-0.1, -0.05) is 24.3 Å². The molecule has 0 radical (unpaired) electrons. The second-order valence-electron chi connectivity index (χ2n) is 6.56. The maximum atomic E-state index is 12.4. The van der Waals surface area contributed by atoms with Gasteiger partial charge >= 0.3 is 0 Å². The second kappa shape index (κ2) is 8.00. The van der Waals surface area contributed by atoms with Crippen LogP contribution in [0.4, 0.5) is 0 Å². The molecule has 2 heterocycles. The van der Waals surface area contributed by atoms with E-state index < -0.39 is 0 Å². The highest BCUT2D eigenvalue weighted by Gasteiger charge is 2.12. The zero-order chi connectivity index (χ0) is 19.3. The lowest BCUT2D eigenvalue weighted by molar-refractivity contribution is -0.125. The number of hydrogen-bond donors (Lipinski definition) is 0. The van der Waals surface area contributed by atoms with Gasteiger partial charge in [-0.15, -0.1) is 0 Å². The average Bonchev–Trinajstić information content (AvgIpc) is 3.21. The first kappa shape index (κ1) is 17.9. The molecule has 1 aliphatic heterocycles.